The highest BCUT2D eigenvalue weighted by atomic mass is 19.1. The summed E-state index contributed by atoms with van der Waals surface area (Å²) in [7, 11) is 0. The number of alkyl halides is 1. The molecule has 0 N–H and O–H groups in total. The zero-order chi connectivity index (χ0) is 11.6. The van der Waals surface area contributed by atoms with Crippen molar-refractivity contribution in [3.63, 3.8) is 0 Å². The van der Waals surface area contributed by atoms with Crippen LogP contribution in [0.1, 0.15) is 27.2 Å². The summed E-state index contributed by atoms with van der Waals surface area (Å²) in [4.78, 5) is 13.1. The van der Waals surface area contributed by atoms with E-state index in [0.29, 0.717) is 13.0 Å². The number of carbonyl (C=O) groups excluding carboxylic acids is 1. The number of nitrogens with zero attached hydrogens (tertiary/aromatic N) is 1. The van der Waals surface area contributed by atoms with Crippen LogP contribution in [0.5, 0.6) is 0 Å². The summed E-state index contributed by atoms with van der Waals surface area (Å²) in [6.45, 7) is 9.29. The highest BCUT2D eigenvalue weighted by Crippen LogP contribution is 2.23. The smallest absolute Gasteiger partial charge is 0.410 e. The Labute approximate surface area is 89.9 Å². The molecule has 15 heavy (non-hydrogen) atoms. The fraction of sp³-hybridized carbons (Fsp3) is 0.727. The van der Waals surface area contributed by atoms with E-state index >= 15 is 0 Å². The Bertz CT molecular complexity index is 260. The van der Waals surface area contributed by atoms with Gasteiger partial charge in [-0.25, -0.2) is 9.18 Å². The Morgan fingerprint density at radius 2 is 2.20 bits per heavy atom. The molecule has 1 saturated heterocycles. The second-order valence-electron chi connectivity index (χ2n) is 4.70. The molecule has 3 nitrogen and oxygen atoms in total. The number of hydrogen-bond donors (Lipinski definition) is 0. The first kappa shape index (κ1) is 12.0. The van der Waals surface area contributed by atoms with E-state index in [9.17, 15) is 9.18 Å². The van der Waals surface area contributed by atoms with Gasteiger partial charge in [0.2, 0.25) is 0 Å². The first-order valence-electron chi connectivity index (χ1n) is 5.11. The summed E-state index contributed by atoms with van der Waals surface area (Å²) in [6.07, 6.45) is 0.333. The van der Waals surface area contributed by atoms with Crippen molar-refractivity contribution in [2.24, 2.45) is 0 Å². The van der Waals surface area contributed by atoms with Crippen molar-refractivity contribution in [1.82, 2.24) is 4.90 Å². The largest absolute Gasteiger partial charge is 0.444 e. The zero-order valence-electron chi connectivity index (χ0n) is 9.50. The van der Waals surface area contributed by atoms with Crippen molar-refractivity contribution in [2.75, 3.05) is 6.54 Å². The number of carbonyl (C=O) groups is 1. The monoisotopic (exact) mass is 215 g/mol. The predicted octanol–water partition coefficient (Wildman–Crippen LogP) is 2.52. The second kappa shape index (κ2) is 4.21. The summed E-state index contributed by atoms with van der Waals surface area (Å²) in [6, 6.07) is -0.542. The van der Waals surface area contributed by atoms with E-state index in [1.807, 2.05) is 0 Å². The highest BCUT2D eigenvalue weighted by Gasteiger charge is 2.37. The van der Waals surface area contributed by atoms with Crippen molar-refractivity contribution < 1.29 is 13.9 Å². The van der Waals surface area contributed by atoms with Crippen molar-refractivity contribution in [1.29, 1.82) is 0 Å². The SMILES string of the molecule is C=CC1C(F)CCN1C(=O)OC(C)(C)C. The summed E-state index contributed by atoms with van der Waals surface area (Å²) < 4.78 is 18.5. The van der Waals surface area contributed by atoms with Crippen LogP contribution in [0, 0.1) is 0 Å². The van der Waals surface area contributed by atoms with Crippen molar-refractivity contribution in [2.45, 2.75) is 45.0 Å². The van der Waals surface area contributed by atoms with Crippen LogP contribution in [0.25, 0.3) is 0 Å². The Balaban J connectivity index is 2.64. The lowest BCUT2D eigenvalue weighted by atomic mass is 10.2. The summed E-state index contributed by atoms with van der Waals surface area (Å²) in [5.41, 5.74) is -0.544. The van der Waals surface area contributed by atoms with Crippen LogP contribution < -0.4 is 0 Å². The molecule has 0 aromatic heterocycles. The third-order valence-corrected chi connectivity index (χ3v) is 2.25. The van der Waals surface area contributed by atoms with Gasteiger partial charge in [0.05, 0.1) is 6.04 Å². The van der Waals surface area contributed by atoms with E-state index in [1.165, 1.54) is 11.0 Å². The molecule has 0 aliphatic carbocycles. The number of likely N-dealkylation sites (tertiary alicyclic amines) is 1. The van der Waals surface area contributed by atoms with Crippen LogP contribution in [-0.2, 0) is 4.74 Å². The van der Waals surface area contributed by atoms with Crippen LogP contribution in [0.2, 0.25) is 0 Å². The minimum Gasteiger partial charge on any atom is -0.444 e. The molecule has 0 saturated carbocycles. The Morgan fingerprint density at radius 1 is 1.60 bits per heavy atom. The first-order chi connectivity index (χ1) is 6.85. The van der Waals surface area contributed by atoms with Crippen LogP contribution in [0.15, 0.2) is 12.7 Å². The minimum atomic E-state index is -1.02. The topological polar surface area (TPSA) is 29.5 Å². The van der Waals surface area contributed by atoms with Crippen LogP contribution in [-0.4, -0.2) is 35.4 Å². The Morgan fingerprint density at radius 3 is 2.67 bits per heavy atom. The van der Waals surface area contributed by atoms with E-state index < -0.39 is 23.9 Å². The van der Waals surface area contributed by atoms with Gasteiger partial charge in [-0.1, -0.05) is 6.08 Å². The maximum absolute atomic E-state index is 13.3. The lowest BCUT2D eigenvalue weighted by Gasteiger charge is -2.27. The maximum atomic E-state index is 13.3. The van der Waals surface area contributed by atoms with E-state index in [0.717, 1.165) is 0 Å². The normalized spacial score (nSPS) is 26.5. The molecular formula is C11H18FNO2. The fourth-order valence-electron chi connectivity index (χ4n) is 1.59. The van der Waals surface area contributed by atoms with Gasteiger partial charge in [-0.05, 0) is 27.2 Å². The van der Waals surface area contributed by atoms with Crippen molar-refractivity contribution in [3.8, 4) is 0 Å². The van der Waals surface area contributed by atoms with Gasteiger partial charge in [-0.3, -0.25) is 4.90 Å². The number of hydrogen-bond acceptors (Lipinski definition) is 2. The molecule has 1 fully saturated rings. The van der Waals surface area contributed by atoms with Crippen LogP contribution in [0.4, 0.5) is 9.18 Å². The number of amides is 1. The number of halogens is 1. The molecule has 2 unspecified atom stereocenters. The van der Waals surface area contributed by atoms with E-state index in [1.54, 1.807) is 20.8 Å². The Kier molecular flexibility index (Phi) is 3.37. The average Bonchev–Trinajstić information content (AvgIpc) is 2.43. The van der Waals surface area contributed by atoms with Gasteiger partial charge in [-0.15, -0.1) is 6.58 Å². The van der Waals surface area contributed by atoms with E-state index in [-0.39, 0.29) is 0 Å². The lowest BCUT2D eigenvalue weighted by Crippen LogP contribution is -2.40. The molecule has 1 amide bonds. The molecule has 2 atom stereocenters. The standard InChI is InChI=1S/C11H18FNO2/c1-5-9-8(12)6-7-13(9)10(14)15-11(2,3)4/h5,8-9H,1,6-7H2,2-4H3. The first-order valence-corrected chi connectivity index (χ1v) is 5.11. The third kappa shape index (κ3) is 2.94. The molecule has 0 spiro atoms. The molecular weight excluding hydrogens is 197 g/mol. The minimum absolute atomic E-state index is 0.357. The maximum Gasteiger partial charge on any atom is 0.410 e. The van der Waals surface area contributed by atoms with E-state index in [2.05, 4.69) is 6.58 Å². The average molecular weight is 215 g/mol. The molecule has 0 bridgehead atoms. The van der Waals surface area contributed by atoms with Crippen LogP contribution in [0.3, 0.4) is 0 Å². The molecule has 4 heteroatoms. The van der Waals surface area contributed by atoms with Gasteiger partial charge in [-0.2, -0.15) is 0 Å². The second-order valence-corrected chi connectivity index (χ2v) is 4.70. The van der Waals surface area contributed by atoms with Gasteiger partial charge in [0, 0.05) is 6.54 Å². The third-order valence-electron chi connectivity index (χ3n) is 2.25. The number of rotatable bonds is 1. The molecule has 0 radical (unpaired) electrons. The summed E-state index contributed by atoms with van der Waals surface area (Å²) in [5.74, 6) is 0. The van der Waals surface area contributed by atoms with Gasteiger partial charge in [0.15, 0.2) is 0 Å². The zero-order valence-corrected chi connectivity index (χ0v) is 9.50. The van der Waals surface area contributed by atoms with Gasteiger partial charge in [0.25, 0.3) is 0 Å². The molecule has 86 valence electrons. The summed E-state index contributed by atoms with van der Waals surface area (Å²) in [5, 5.41) is 0. The van der Waals surface area contributed by atoms with Gasteiger partial charge < -0.3 is 4.74 Å². The molecule has 1 heterocycles. The molecule has 1 aliphatic heterocycles. The fourth-order valence-corrected chi connectivity index (χ4v) is 1.59. The predicted molar refractivity (Wildman–Crippen MR) is 56.4 cm³/mol. The highest BCUT2D eigenvalue weighted by molar-refractivity contribution is 5.69. The number of ether oxygens (including phenoxy) is 1. The molecule has 1 rings (SSSR count). The van der Waals surface area contributed by atoms with Crippen molar-refractivity contribution in [3.05, 3.63) is 12.7 Å². The van der Waals surface area contributed by atoms with E-state index in [4.69, 9.17) is 4.74 Å². The van der Waals surface area contributed by atoms with Crippen LogP contribution >= 0.6 is 0 Å². The van der Waals surface area contributed by atoms with Gasteiger partial charge in [0.1, 0.15) is 11.8 Å². The van der Waals surface area contributed by atoms with Gasteiger partial charge >= 0.3 is 6.09 Å². The molecule has 0 aromatic carbocycles. The Hall–Kier alpha value is -1.06. The van der Waals surface area contributed by atoms with Crippen molar-refractivity contribution >= 4 is 6.09 Å². The lowest BCUT2D eigenvalue weighted by molar-refractivity contribution is 0.0235. The molecule has 0 aromatic rings. The quantitative estimate of drug-likeness (QED) is 0.629. The summed E-state index contributed by atoms with van der Waals surface area (Å²) >= 11 is 0. The molecule has 1 aliphatic rings.